The van der Waals surface area contributed by atoms with Crippen LogP contribution in [0.1, 0.15) is 18.1 Å². The molecule has 0 spiro atoms. The number of aliphatic hydroxyl groups excluding tert-OH is 1. The second-order valence-electron chi connectivity index (χ2n) is 7.14. The molecule has 3 aromatic carbocycles. The highest BCUT2D eigenvalue weighted by molar-refractivity contribution is 5.86. The van der Waals surface area contributed by atoms with Gasteiger partial charge in [0.05, 0.1) is 6.61 Å². The fourth-order valence-corrected chi connectivity index (χ4v) is 3.19. The highest BCUT2D eigenvalue weighted by Crippen LogP contribution is 2.32. The third-order valence-corrected chi connectivity index (χ3v) is 4.80. The first-order valence-electron chi connectivity index (χ1n) is 9.85. The maximum Gasteiger partial charge on any atom is 0.333 e. The first-order valence-corrected chi connectivity index (χ1v) is 9.85. The molecule has 3 rings (SSSR count). The Bertz CT molecular complexity index is 1040. The van der Waals surface area contributed by atoms with E-state index in [0.717, 1.165) is 16.7 Å². The Morgan fingerprint density at radius 1 is 0.933 bits per heavy atom. The van der Waals surface area contributed by atoms with E-state index in [1.807, 2.05) is 36.4 Å². The summed E-state index contributed by atoms with van der Waals surface area (Å²) in [4.78, 5) is 11.5. The van der Waals surface area contributed by atoms with Crippen LogP contribution in [0.5, 0.6) is 5.75 Å². The predicted octanol–water partition coefficient (Wildman–Crippen LogP) is 5.32. The average Bonchev–Trinajstić information content (AvgIpc) is 2.77. The van der Waals surface area contributed by atoms with Crippen LogP contribution in [0.2, 0.25) is 0 Å². The molecule has 0 radical (unpaired) electrons. The van der Waals surface area contributed by atoms with Crippen LogP contribution >= 0.6 is 0 Å². The molecular formula is C26H26O4. The number of rotatable bonds is 8. The van der Waals surface area contributed by atoms with Crippen LogP contribution in [0.25, 0.3) is 22.3 Å². The Hall–Kier alpha value is -3.37. The van der Waals surface area contributed by atoms with Crippen LogP contribution in [0.15, 0.2) is 78.9 Å². The minimum absolute atomic E-state index is 0.117. The van der Waals surface area contributed by atoms with Gasteiger partial charge in [-0.3, -0.25) is 0 Å². The highest BCUT2D eigenvalue weighted by atomic mass is 16.6. The van der Waals surface area contributed by atoms with E-state index in [1.165, 1.54) is 11.1 Å². The van der Waals surface area contributed by atoms with E-state index in [9.17, 15) is 9.90 Å². The van der Waals surface area contributed by atoms with E-state index in [-0.39, 0.29) is 19.8 Å². The molecule has 0 amide bonds. The van der Waals surface area contributed by atoms with Gasteiger partial charge in [-0.2, -0.15) is 0 Å². The Morgan fingerprint density at radius 2 is 1.67 bits per heavy atom. The number of carbonyl (C=O) groups excluding carboxylic acids is 1. The molecule has 4 heteroatoms. The van der Waals surface area contributed by atoms with Crippen molar-refractivity contribution in [1.29, 1.82) is 0 Å². The van der Waals surface area contributed by atoms with E-state index in [1.54, 1.807) is 6.92 Å². The van der Waals surface area contributed by atoms with Gasteiger partial charge in [0.1, 0.15) is 19.0 Å². The van der Waals surface area contributed by atoms with E-state index in [2.05, 4.69) is 43.8 Å². The van der Waals surface area contributed by atoms with Crippen molar-refractivity contribution in [3.05, 3.63) is 90.0 Å². The fraction of sp³-hybridized carbons (Fsp3) is 0.192. The Labute approximate surface area is 177 Å². The summed E-state index contributed by atoms with van der Waals surface area (Å²) in [7, 11) is 0. The molecule has 0 aromatic heterocycles. The molecule has 0 aliphatic carbocycles. The van der Waals surface area contributed by atoms with Crippen molar-refractivity contribution in [3.63, 3.8) is 0 Å². The van der Waals surface area contributed by atoms with E-state index in [4.69, 9.17) is 9.47 Å². The molecular weight excluding hydrogens is 376 g/mol. The van der Waals surface area contributed by atoms with Crippen LogP contribution in [0.4, 0.5) is 0 Å². The predicted molar refractivity (Wildman–Crippen MR) is 119 cm³/mol. The largest absolute Gasteiger partial charge is 0.490 e. The Morgan fingerprint density at radius 3 is 2.33 bits per heavy atom. The third kappa shape index (κ3) is 5.16. The van der Waals surface area contributed by atoms with Crippen molar-refractivity contribution in [2.45, 2.75) is 20.5 Å². The number of esters is 1. The second-order valence-corrected chi connectivity index (χ2v) is 7.14. The monoisotopic (exact) mass is 402 g/mol. The molecule has 30 heavy (non-hydrogen) atoms. The zero-order valence-electron chi connectivity index (χ0n) is 17.4. The lowest BCUT2D eigenvalue weighted by molar-refractivity contribution is -0.139. The second kappa shape index (κ2) is 9.90. The van der Waals surface area contributed by atoms with Gasteiger partial charge in [0, 0.05) is 11.1 Å². The average molecular weight is 402 g/mol. The summed E-state index contributed by atoms with van der Waals surface area (Å²) in [5.74, 6) is 0.136. The number of benzene rings is 3. The molecule has 3 aromatic rings. The zero-order chi connectivity index (χ0) is 21.5. The van der Waals surface area contributed by atoms with Crippen LogP contribution < -0.4 is 4.74 Å². The number of hydrogen-bond acceptors (Lipinski definition) is 4. The lowest BCUT2D eigenvalue weighted by Gasteiger charge is -2.14. The van der Waals surface area contributed by atoms with Crippen molar-refractivity contribution in [3.8, 4) is 28.0 Å². The molecule has 154 valence electrons. The van der Waals surface area contributed by atoms with Gasteiger partial charge in [-0.05, 0) is 47.7 Å². The number of hydrogen-bond donors (Lipinski definition) is 1. The summed E-state index contributed by atoms with van der Waals surface area (Å²) < 4.78 is 10.8. The lowest BCUT2D eigenvalue weighted by atomic mass is 9.95. The van der Waals surface area contributed by atoms with Gasteiger partial charge in [-0.1, -0.05) is 67.2 Å². The van der Waals surface area contributed by atoms with Crippen molar-refractivity contribution in [2.75, 3.05) is 13.2 Å². The van der Waals surface area contributed by atoms with Crippen molar-refractivity contribution in [1.82, 2.24) is 0 Å². The van der Waals surface area contributed by atoms with Crippen LogP contribution in [0, 0.1) is 6.92 Å². The minimum atomic E-state index is -0.441. The van der Waals surface area contributed by atoms with Gasteiger partial charge in [-0.15, -0.1) is 0 Å². The van der Waals surface area contributed by atoms with Crippen LogP contribution in [0.3, 0.4) is 0 Å². The molecule has 0 aliphatic rings. The summed E-state index contributed by atoms with van der Waals surface area (Å²) in [5.41, 5.74) is 6.62. The summed E-state index contributed by atoms with van der Waals surface area (Å²) in [6.45, 7) is 7.41. The minimum Gasteiger partial charge on any atom is -0.490 e. The highest BCUT2D eigenvalue weighted by Gasteiger charge is 2.10. The Balaban J connectivity index is 1.78. The molecule has 0 saturated carbocycles. The van der Waals surface area contributed by atoms with Gasteiger partial charge >= 0.3 is 5.97 Å². The molecule has 0 fully saturated rings. The molecule has 0 saturated heterocycles. The lowest BCUT2D eigenvalue weighted by Crippen LogP contribution is -2.13. The van der Waals surface area contributed by atoms with Gasteiger partial charge in [0.25, 0.3) is 0 Å². The smallest absolute Gasteiger partial charge is 0.333 e. The summed E-state index contributed by atoms with van der Waals surface area (Å²) in [5, 5.41) is 9.64. The quantitative estimate of drug-likeness (QED) is 0.315. The van der Waals surface area contributed by atoms with Gasteiger partial charge in [0.2, 0.25) is 0 Å². The Kier molecular flexibility index (Phi) is 7.04. The number of aryl methyl sites for hydroxylation is 1. The van der Waals surface area contributed by atoms with Crippen molar-refractivity contribution in [2.24, 2.45) is 0 Å². The number of carbonyl (C=O) groups is 1. The maximum atomic E-state index is 11.5. The number of ether oxygens (including phenoxy) is 2. The maximum absolute atomic E-state index is 11.5. The molecule has 4 nitrogen and oxygen atoms in total. The van der Waals surface area contributed by atoms with Gasteiger partial charge < -0.3 is 14.6 Å². The molecule has 0 atom stereocenters. The number of aliphatic hydroxyl groups is 1. The van der Waals surface area contributed by atoms with Gasteiger partial charge in [0.15, 0.2) is 0 Å². The molecule has 0 unspecified atom stereocenters. The van der Waals surface area contributed by atoms with Crippen LogP contribution in [-0.2, 0) is 16.1 Å². The molecule has 0 bridgehead atoms. The van der Waals surface area contributed by atoms with Crippen molar-refractivity contribution < 1.29 is 19.4 Å². The fourth-order valence-electron chi connectivity index (χ4n) is 3.19. The molecule has 0 aliphatic heterocycles. The molecule has 1 N–H and O–H groups in total. The zero-order valence-corrected chi connectivity index (χ0v) is 17.4. The first kappa shape index (κ1) is 21.3. The normalized spacial score (nSPS) is 10.5. The van der Waals surface area contributed by atoms with Gasteiger partial charge in [-0.25, -0.2) is 4.79 Å². The summed E-state index contributed by atoms with van der Waals surface area (Å²) in [6.07, 6.45) is 0. The van der Waals surface area contributed by atoms with Crippen molar-refractivity contribution >= 4 is 5.97 Å². The van der Waals surface area contributed by atoms with Crippen LogP contribution in [-0.4, -0.2) is 24.3 Å². The third-order valence-electron chi connectivity index (χ3n) is 4.80. The SMILES string of the molecule is C=C(C)C(=O)OCCOc1cc(-c2ccc(-c3ccccc3)cc2C)ccc1CO. The van der Waals surface area contributed by atoms with E-state index < -0.39 is 5.97 Å². The summed E-state index contributed by atoms with van der Waals surface area (Å²) >= 11 is 0. The van der Waals surface area contributed by atoms with E-state index >= 15 is 0 Å². The molecule has 0 heterocycles. The standard InChI is InChI=1S/C26H26O4/c1-18(2)26(28)30-14-13-29-25-16-22(9-10-23(25)17-27)24-12-11-21(15-19(24)3)20-7-5-4-6-8-20/h4-12,15-16,27H,1,13-14,17H2,2-3H3. The summed E-state index contributed by atoms with van der Waals surface area (Å²) in [6, 6.07) is 22.4. The van der Waals surface area contributed by atoms with E-state index in [0.29, 0.717) is 16.9 Å². The topological polar surface area (TPSA) is 55.8 Å². The first-order chi connectivity index (χ1) is 14.5.